The van der Waals surface area contributed by atoms with Crippen molar-refractivity contribution >= 4 is 34.2 Å². The van der Waals surface area contributed by atoms with E-state index in [0.717, 1.165) is 22.5 Å². The Kier molecular flexibility index (Phi) is 3.89. The number of fused-ring (bicyclic) bond motifs is 1. The number of aromatic amines is 1. The lowest BCUT2D eigenvalue weighted by atomic mass is 10.2. The van der Waals surface area contributed by atoms with Gasteiger partial charge in [0.05, 0.1) is 5.52 Å². The second-order valence-corrected chi connectivity index (χ2v) is 6.02. The van der Waals surface area contributed by atoms with E-state index in [2.05, 4.69) is 25.6 Å². The van der Waals surface area contributed by atoms with E-state index in [1.807, 2.05) is 44.2 Å². The minimum atomic E-state index is -0.472. The molecule has 0 radical (unpaired) electrons. The first kappa shape index (κ1) is 15.9. The van der Waals surface area contributed by atoms with Crippen molar-refractivity contribution in [2.24, 2.45) is 0 Å². The van der Waals surface area contributed by atoms with Crippen molar-refractivity contribution < 1.29 is 4.42 Å². The molecule has 0 unspecified atom stereocenters. The van der Waals surface area contributed by atoms with E-state index >= 15 is 0 Å². The second-order valence-electron chi connectivity index (χ2n) is 6.02. The number of H-pyrrole nitrogens is 1. The van der Waals surface area contributed by atoms with Crippen LogP contribution in [0.4, 0.5) is 23.1 Å². The summed E-state index contributed by atoms with van der Waals surface area (Å²) < 4.78 is 5.02. The zero-order valence-corrected chi connectivity index (χ0v) is 14.3. The number of rotatable bonds is 4. The van der Waals surface area contributed by atoms with E-state index in [1.165, 1.54) is 0 Å². The van der Waals surface area contributed by atoms with Gasteiger partial charge < -0.3 is 15.1 Å². The highest BCUT2D eigenvalue weighted by Crippen LogP contribution is 2.24. The van der Waals surface area contributed by atoms with Crippen LogP contribution in [0.1, 0.15) is 11.1 Å². The molecule has 2 aromatic heterocycles. The first-order valence-corrected chi connectivity index (χ1v) is 8.15. The van der Waals surface area contributed by atoms with Crippen molar-refractivity contribution in [3.63, 3.8) is 0 Å². The van der Waals surface area contributed by atoms with Gasteiger partial charge in [0, 0.05) is 23.1 Å². The van der Waals surface area contributed by atoms with E-state index in [0.29, 0.717) is 22.9 Å². The molecule has 3 N–H and O–H groups in total. The number of aryl methyl sites for hydroxylation is 2. The number of nitrogens with zero attached hydrogens (tertiary/aromatic N) is 2. The fourth-order valence-electron chi connectivity index (χ4n) is 2.63. The summed E-state index contributed by atoms with van der Waals surface area (Å²) in [4.78, 5) is 22.8. The molecule has 2 heterocycles. The lowest BCUT2D eigenvalue weighted by molar-refractivity contribution is 0.555. The molecule has 0 spiro atoms. The zero-order valence-electron chi connectivity index (χ0n) is 14.3. The number of aromatic nitrogens is 3. The molecular formula is C19H17N5O2. The summed E-state index contributed by atoms with van der Waals surface area (Å²) in [5.74, 6) is 0.714. The SMILES string of the molecule is Cc1ccccc1Nc1ncc(C)c(Nc2ccc3oc(=O)[nH]c3c2)n1. The minimum absolute atomic E-state index is 0.472. The fourth-order valence-corrected chi connectivity index (χ4v) is 2.63. The van der Waals surface area contributed by atoms with Gasteiger partial charge in [-0.25, -0.2) is 9.78 Å². The van der Waals surface area contributed by atoms with Gasteiger partial charge in [-0.3, -0.25) is 4.98 Å². The molecule has 0 saturated heterocycles. The number of hydrogen-bond acceptors (Lipinski definition) is 6. The van der Waals surface area contributed by atoms with Gasteiger partial charge >= 0.3 is 5.76 Å². The molecule has 0 amide bonds. The maximum atomic E-state index is 11.3. The average molecular weight is 347 g/mol. The average Bonchev–Trinajstić information content (AvgIpc) is 2.99. The van der Waals surface area contributed by atoms with Gasteiger partial charge in [0.15, 0.2) is 5.58 Å². The third-order valence-corrected chi connectivity index (χ3v) is 4.04. The zero-order chi connectivity index (χ0) is 18.1. The van der Waals surface area contributed by atoms with E-state index in [-0.39, 0.29) is 0 Å². The highest BCUT2D eigenvalue weighted by molar-refractivity contribution is 5.78. The molecule has 0 fully saturated rings. The predicted molar refractivity (Wildman–Crippen MR) is 101 cm³/mol. The smallest absolute Gasteiger partial charge is 0.408 e. The first-order valence-electron chi connectivity index (χ1n) is 8.15. The molecule has 0 saturated carbocycles. The van der Waals surface area contributed by atoms with Crippen LogP contribution in [0.5, 0.6) is 0 Å². The Labute approximate surface area is 149 Å². The van der Waals surface area contributed by atoms with Crippen molar-refractivity contribution in [1.82, 2.24) is 15.0 Å². The van der Waals surface area contributed by atoms with Gasteiger partial charge in [-0.1, -0.05) is 18.2 Å². The van der Waals surface area contributed by atoms with E-state index in [9.17, 15) is 4.79 Å². The van der Waals surface area contributed by atoms with Crippen molar-refractivity contribution in [3.05, 3.63) is 70.3 Å². The number of hydrogen-bond donors (Lipinski definition) is 3. The molecule has 7 heteroatoms. The third kappa shape index (κ3) is 3.14. The molecule has 0 aliphatic heterocycles. The Morgan fingerprint density at radius 3 is 2.73 bits per heavy atom. The van der Waals surface area contributed by atoms with Crippen LogP contribution in [0.15, 0.2) is 57.9 Å². The van der Waals surface area contributed by atoms with E-state index in [1.54, 1.807) is 18.3 Å². The molecule has 0 atom stereocenters. The van der Waals surface area contributed by atoms with Crippen LogP contribution in [0.2, 0.25) is 0 Å². The molecule has 7 nitrogen and oxygen atoms in total. The first-order chi connectivity index (χ1) is 12.6. The van der Waals surface area contributed by atoms with Crippen LogP contribution in [0.25, 0.3) is 11.1 Å². The quantitative estimate of drug-likeness (QED) is 0.516. The second kappa shape index (κ2) is 6.36. The summed E-state index contributed by atoms with van der Waals surface area (Å²) in [6.07, 6.45) is 1.76. The summed E-state index contributed by atoms with van der Waals surface area (Å²) >= 11 is 0. The van der Waals surface area contributed by atoms with Crippen LogP contribution in [0, 0.1) is 13.8 Å². The molecule has 2 aromatic carbocycles. The van der Waals surface area contributed by atoms with Gasteiger partial charge in [-0.15, -0.1) is 0 Å². The summed E-state index contributed by atoms with van der Waals surface area (Å²) in [5.41, 5.74) is 4.91. The minimum Gasteiger partial charge on any atom is -0.408 e. The standard InChI is InChI=1S/C19H17N5O2/c1-11-5-3-4-6-14(11)22-18-20-10-12(2)17(24-18)21-13-7-8-16-15(9-13)23-19(25)26-16/h3-10H,1-2H3,(H,23,25)(H2,20,21,22,24). The molecule has 0 bridgehead atoms. The lowest BCUT2D eigenvalue weighted by Gasteiger charge is -2.12. The number of anilines is 4. The van der Waals surface area contributed by atoms with Crippen molar-refractivity contribution in [1.29, 1.82) is 0 Å². The van der Waals surface area contributed by atoms with E-state index in [4.69, 9.17) is 4.42 Å². The van der Waals surface area contributed by atoms with Crippen molar-refractivity contribution in [2.75, 3.05) is 10.6 Å². The Bertz CT molecular complexity index is 1150. The largest absolute Gasteiger partial charge is 0.417 e. The normalized spacial score (nSPS) is 10.8. The predicted octanol–water partition coefficient (Wildman–Crippen LogP) is 4.02. The summed E-state index contributed by atoms with van der Waals surface area (Å²) in [7, 11) is 0. The van der Waals surface area contributed by atoms with Gasteiger partial charge in [-0.05, 0) is 43.7 Å². The molecule has 4 rings (SSSR count). The molecule has 0 aliphatic rings. The van der Waals surface area contributed by atoms with Crippen LogP contribution in [-0.2, 0) is 0 Å². The third-order valence-electron chi connectivity index (χ3n) is 4.04. The molecule has 26 heavy (non-hydrogen) atoms. The number of oxazole rings is 1. The summed E-state index contributed by atoms with van der Waals surface area (Å²) in [5, 5.41) is 6.49. The van der Waals surface area contributed by atoms with Crippen LogP contribution < -0.4 is 16.4 Å². The van der Waals surface area contributed by atoms with Gasteiger partial charge in [0.1, 0.15) is 5.82 Å². The lowest BCUT2D eigenvalue weighted by Crippen LogP contribution is -2.03. The molecule has 130 valence electrons. The van der Waals surface area contributed by atoms with Gasteiger partial charge in [-0.2, -0.15) is 4.98 Å². The Hall–Kier alpha value is -3.61. The van der Waals surface area contributed by atoms with E-state index < -0.39 is 5.76 Å². The molecule has 4 aromatic rings. The Morgan fingerprint density at radius 2 is 1.88 bits per heavy atom. The van der Waals surface area contributed by atoms with Crippen LogP contribution in [0.3, 0.4) is 0 Å². The fraction of sp³-hybridized carbons (Fsp3) is 0.105. The Morgan fingerprint density at radius 1 is 1.04 bits per heavy atom. The topological polar surface area (TPSA) is 95.8 Å². The maximum absolute atomic E-state index is 11.3. The monoisotopic (exact) mass is 347 g/mol. The van der Waals surface area contributed by atoms with Gasteiger partial charge in [0.2, 0.25) is 5.95 Å². The highest BCUT2D eigenvalue weighted by atomic mass is 16.4. The molecule has 0 aliphatic carbocycles. The molecular weight excluding hydrogens is 330 g/mol. The summed E-state index contributed by atoms with van der Waals surface area (Å²) in [6, 6.07) is 13.3. The number of benzene rings is 2. The highest BCUT2D eigenvalue weighted by Gasteiger charge is 2.08. The van der Waals surface area contributed by atoms with Crippen LogP contribution in [-0.4, -0.2) is 15.0 Å². The Balaban J connectivity index is 1.63. The van der Waals surface area contributed by atoms with Crippen molar-refractivity contribution in [3.8, 4) is 0 Å². The van der Waals surface area contributed by atoms with Crippen molar-refractivity contribution in [2.45, 2.75) is 13.8 Å². The van der Waals surface area contributed by atoms with Gasteiger partial charge in [0.25, 0.3) is 0 Å². The number of para-hydroxylation sites is 1. The maximum Gasteiger partial charge on any atom is 0.417 e. The summed E-state index contributed by atoms with van der Waals surface area (Å²) in [6.45, 7) is 3.95. The van der Waals surface area contributed by atoms with Crippen LogP contribution >= 0.6 is 0 Å². The number of nitrogens with one attached hydrogen (secondary N) is 3.